The largest absolute Gasteiger partial charge is 0.310 e. The fourth-order valence-corrected chi connectivity index (χ4v) is 4.14. The molecule has 0 aliphatic rings. The first kappa shape index (κ1) is 17.5. The molecule has 1 aromatic heterocycles. The van der Waals surface area contributed by atoms with E-state index in [1.807, 2.05) is 85.9 Å². The van der Waals surface area contributed by atoms with Gasteiger partial charge in [0, 0.05) is 18.2 Å². The maximum absolute atomic E-state index is 13.1. The Morgan fingerprint density at radius 2 is 1.04 bits per heavy atom. The van der Waals surface area contributed by atoms with Crippen molar-refractivity contribution in [2.75, 3.05) is 0 Å². The molecule has 0 aliphatic heterocycles. The molecule has 0 radical (unpaired) electrons. The molecular weight excluding hydrogens is 398 g/mol. The first-order valence-corrected chi connectivity index (χ1v) is 9.56. The Morgan fingerprint density at radius 1 is 0.630 bits per heavy atom. The van der Waals surface area contributed by atoms with Crippen molar-refractivity contribution < 1.29 is 0 Å². The van der Waals surface area contributed by atoms with E-state index in [4.69, 9.17) is 0 Å². The minimum Gasteiger partial charge on any atom is -0.310 e. The van der Waals surface area contributed by atoms with Crippen LogP contribution in [0.3, 0.4) is 0 Å². The minimum absolute atomic E-state index is 0.0487. The van der Waals surface area contributed by atoms with Gasteiger partial charge in [-0.1, -0.05) is 91.0 Å². The third-order valence-corrected chi connectivity index (χ3v) is 5.44. The van der Waals surface area contributed by atoms with E-state index in [1.165, 1.54) is 0 Å². The molecule has 3 heteroatoms. The predicted molar refractivity (Wildman–Crippen MR) is 116 cm³/mol. The van der Waals surface area contributed by atoms with E-state index in [2.05, 4.69) is 28.1 Å². The van der Waals surface area contributed by atoms with Gasteiger partial charge < -0.3 is 4.57 Å². The van der Waals surface area contributed by atoms with Crippen molar-refractivity contribution in [1.29, 1.82) is 0 Å². The summed E-state index contributed by atoms with van der Waals surface area (Å²) < 4.78 is 2.31. The van der Waals surface area contributed by atoms with Crippen LogP contribution in [0.1, 0.15) is 0 Å². The van der Waals surface area contributed by atoms with E-state index >= 15 is 0 Å². The van der Waals surface area contributed by atoms with Crippen LogP contribution in [-0.4, -0.2) is 4.57 Å². The van der Waals surface area contributed by atoms with Crippen LogP contribution in [0.5, 0.6) is 0 Å². The third kappa shape index (κ3) is 3.15. The van der Waals surface area contributed by atoms with Crippen LogP contribution < -0.4 is 5.56 Å². The van der Waals surface area contributed by atoms with E-state index in [0.717, 1.165) is 33.5 Å². The number of hydrogen-bond donors (Lipinski definition) is 0. The first-order valence-electron chi connectivity index (χ1n) is 8.77. The molecule has 0 atom stereocenters. The van der Waals surface area contributed by atoms with Crippen LogP contribution in [-0.2, 0) is 7.05 Å². The molecule has 0 spiro atoms. The van der Waals surface area contributed by atoms with E-state index in [9.17, 15) is 4.79 Å². The van der Waals surface area contributed by atoms with Crippen molar-refractivity contribution in [2.45, 2.75) is 0 Å². The quantitative estimate of drug-likeness (QED) is 0.393. The van der Waals surface area contributed by atoms with Crippen LogP contribution in [0, 0.1) is 0 Å². The zero-order chi connectivity index (χ0) is 18.8. The van der Waals surface area contributed by atoms with Gasteiger partial charge in [0.1, 0.15) is 0 Å². The fraction of sp³-hybridized carbons (Fsp3) is 0.0417. The summed E-state index contributed by atoms with van der Waals surface area (Å²) in [6, 6.07) is 30.4. The summed E-state index contributed by atoms with van der Waals surface area (Å²) in [5.74, 6) is 0. The summed E-state index contributed by atoms with van der Waals surface area (Å²) in [5, 5.41) is 0. The van der Waals surface area contributed by atoms with Crippen molar-refractivity contribution in [3.8, 4) is 33.5 Å². The average molecular weight is 416 g/mol. The van der Waals surface area contributed by atoms with Crippen molar-refractivity contribution in [2.24, 2.45) is 7.05 Å². The summed E-state index contributed by atoms with van der Waals surface area (Å²) in [7, 11) is 1.83. The molecule has 0 amide bonds. The molecule has 2 nitrogen and oxygen atoms in total. The number of benzene rings is 3. The lowest BCUT2D eigenvalue weighted by atomic mass is 9.91. The molecule has 0 N–H and O–H groups in total. The van der Waals surface area contributed by atoms with E-state index in [-0.39, 0.29) is 5.56 Å². The van der Waals surface area contributed by atoms with Crippen molar-refractivity contribution >= 4 is 15.9 Å². The van der Waals surface area contributed by atoms with Crippen molar-refractivity contribution in [3.63, 3.8) is 0 Å². The van der Waals surface area contributed by atoms with Gasteiger partial charge in [0.2, 0.25) is 0 Å². The second kappa shape index (κ2) is 7.37. The Hall–Kier alpha value is -2.91. The van der Waals surface area contributed by atoms with Gasteiger partial charge in [-0.3, -0.25) is 4.79 Å². The first-order chi connectivity index (χ1) is 13.2. The summed E-state index contributed by atoms with van der Waals surface area (Å²) in [4.78, 5) is 13.1. The zero-order valence-corrected chi connectivity index (χ0v) is 16.5. The molecule has 132 valence electrons. The Balaban J connectivity index is 2.20. The number of hydrogen-bond acceptors (Lipinski definition) is 1. The highest BCUT2D eigenvalue weighted by Gasteiger charge is 2.22. The van der Waals surface area contributed by atoms with Crippen LogP contribution in [0.2, 0.25) is 0 Å². The fourth-order valence-electron chi connectivity index (χ4n) is 3.45. The highest BCUT2D eigenvalue weighted by molar-refractivity contribution is 9.10. The van der Waals surface area contributed by atoms with Crippen molar-refractivity contribution in [3.05, 3.63) is 106 Å². The number of pyridine rings is 1. The van der Waals surface area contributed by atoms with Gasteiger partial charge in [0.15, 0.2) is 0 Å². The maximum atomic E-state index is 13.1. The molecule has 1 heterocycles. The van der Waals surface area contributed by atoms with Gasteiger partial charge in [-0.05, 0) is 32.6 Å². The molecule has 0 bridgehead atoms. The Kier molecular flexibility index (Phi) is 4.78. The molecule has 4 rings (SSSR count). The summed E-state index contributed by atoms with van der Waals surface area (Å²) in [5.41, 5.74) is 5.93. The SMILES string of the molecule is Cn1c(-c2ccccc2)c(-c2ccccc2)c(-c2ccccc2)c(Br)c1=O. The molecule has 4 aromatic rings. The predicted octanol–water partition coefficient (Wildman–Crippen LogP) is 6.15. The van der Waals surface area contributed by atoms with Gasteiger partial charge in [-0.25, -0.2) is 0 Å². The molecule has 0 aliphatic carbocycles. The molecule has 0 unspecified atom stereocenters. The van der Waals surface area contributed by atoms with Gasteiger partial charge in [0.25, 0.3) is 5.56 Å². The number of halogens is 1. The normalized spacial score (nSPS) is 10.7. The van der Waals surface area contributed by atoms with Crippen LogP contribution in [0.15, 0.2) is 100 Å². The number of nitrogens with zero attached hydrogens (tertiary/aromatic N) is 1. The lowest BCUT2D eigenvalue weighted by molar-refractivity contribution is 0.866. The summed E-state index contributed by atoms with van der Waals surface area (Å²) in [6.07, 6.45) is 0. The van der Waals surface area contributed by atoms with Gasteiger partial charge >= 0.3 is 0 Å². The Labute approximate surface area is 166 Å². The van der Waals surface area contributed by atoms with Crippen LogP contribution in [0.4, 0.5) is 0 Å². The standard InChI is InChI=1S/C24H18BrNO/c1-26-23(19-15-9-4-10-16-19)21(18-13-7-3-8-14-18)20(22(25)24(26)27)17-11-5-2-6-12-17/h2-16H,1H3. The number of aromatic nitrogens is 1. The highest BCUT2D eigenvalue weighted by Crippen LogP contribution is 2.41. The van der Waals surface area contributed by atoms with E-state index in [0.29, 0.717) is 4.47 Å². The second-order valence-electron chi connectivity index (χ2n) is 6.37. The maximum Gasteiger partial charge on any atom is 0.265 e. The topological polar surface area (TPSA) is 22.0 Å². The number of rotatable bonds is 3. The third-order valence-electron chi connectivity index (χ3n) is 4.71. The molecule has 3 aromatic carbocycles. The molecule has 0 saturated carbocycles. The van der Waals surface area contributed by atoms with E-state index in [1.54, 1.807) is 4.57 Å². The Bertz CT molecular complexity index is 1060. The lowest BCUT2D eigenvalue weighted by Gasteiger charge is -2.21. The minimum atomic E-state index is -0.0487. The summed E-state index contributed by atoms with van der Waals surface area (Å²) >= 11 is 3.59. The zero-order valence-electron chi connectivity index (χ0n) is 14.9. The average Bonchev–Trinajstić information content (AvgIpc) is 2.73. The van der Waals surface area contributed by atoms with Crippen LogP contribution in [0.25, 0.3) is 33.5 Å². The summed E-state index contributed by atoms with van der Waals surface area (Å²) in [6.45, 7) is 0. The van der Waals surface area contributed by atoms with E-state index < -0.39 is 0 Å². The van der Waals surface area contributed by atoms with Crippen molar-refractivity contribution in [1.82, 2.24) is 4.57 Å². The van der Waals surface area contributed by atoms with Crippen LogP contribution >= 0.6 is 15.9 Å². The smallest absolute Gasteiger partial charge is 0.265 e. The van der Waals surface area contributed by atoms with Gasteiger partial charge in [0.05, 0.1) is 10.2 Å². The molecule has 27 heavy (non-hydrogen) atoms. The molecular formula is C24H18BrNO. The van der Waals surface area contributed by atoms with Gasteiger partial charge in [-0.15, -0.1) is 0 Å². The lowest BCUT2D eigenvalue weighted by Crippen LogP contribution is -2.21. The highest BCUT2D eigenvalue weighted by atomic mass is 79.9. The second-order valence-corrected chi connectivity index (χ2v) is 7.17. The van der Waals surface area contributed by atoms with Gasteiger partial charge in [-0.2, -0.15) is 0 Å². The monoisotopic (exact) mass is 415 g/mol. The molecule has 0 saturated heterocycles. The Morgan fingerprint density at radius 3 is 1.52 bits per heavy atom. The molecule has 0 fully saturated rings.